The lowest BCUT2D eigenvalue weighted by Gasteiger charge is -2.15. The first-order valence-electron chi connectivity index (χ1n) is 8.68. The Morgan fingerprint density at radius 1 is 1.07 bits per heavy atom. The van der Waals surface area contributed by atoms with Crippen molar-refractivity contribution >= 4 is 43.2 Å². The topological polar surface area (TPSA) is 52.0 Å². The Balaban J connectivity index is 2.13. The van der Waals surface area contributed by atoms with Crippen LogP contribution in [0.3, 0.4) is 0 Å². The van der Waals surface area contributed by atoms with Gasteiger partial charge in [0.1, 0.15) is 16.0 Å². The van der Waals surface area contributed by atoms with Crippen LogP contribution in [0.2, 0.25) is 5.02 Å². The first-order valence-corrected chi connectivity index (χ1v) is 9.87. The van der Waals surface area contributed by atoms with Gasteiger partial charge < -0.3 is 0 Å². The summed E-state index contributed by atoms with van der Waals surface area (Å²) in [4.78, 5) is 31.5. The first-order chi connectivity index (χ1) is 13.0. The summed E-state index contributed by atoms with van der Waals surface area (Å²) >= 11 is 7.38. The van der Waals surface area contributed by atoms with Crippen molar-refractivity contribution in [3.8, 4) is 11.4 Å². The van der Waals surface area contributed by atoms with Crippen molar-refractivity contribution in [3.05, 3.63) is 74.1 Å². The van der Waals surface area contributed by atoms with Gasteiger partial charge in [0.15, 0.2) is 0 Å². The lowest BCUT2D eigenvalue weighted by Crippen LogP contribution is -2.28. The number of benzene rings is 2. The second-order valence-corrected chi connectivity index (χ2v) is 8.33. The van der Waals surface area contributed by atoms with E-state index < -0.39 is 0 Å². The van der Waals surface area contributed by atoms with Crippen LogP contribution in [-0.4, -0.2) is 9.55 Å². The maximum Gasteiger partial charge on any atom is 0.266 e. The fourth-order valence-corrected chi connectivity index (χ4v) is 4.30. The van der Waals surface area contributed by atoms with E-state index in [1.165, 1.54) is 11.3 Å². The summed E-state index contributed by atoms with van der Waals surface area (Å²) in [5.74, 6) is 0.788. The molecule has 136 valence electrons. The normalized spacial score (nSPS) is 11.6. The summed E-state index contributed by atoms with van der Waals surface area (Å²) in [5, 5.41) is 1.34. The number of hydrogen-bond acceptors (Lipinski definition) is 4. The van der Waals surface area contributed by atoms with Gasteiger partial charge in [-0.05, 0) is 42.3 Å². The third kappa shape index (κ3) is 3.17. The summed E-state index contributed by atoms with van der Waals surface area (Å²) in [5.41, 5.74) is 0.259. The van der Waals surface area contributed by atoms with Crippen molar-refractivity contribution < 1.29 is 0 Å². The highest BCUT2D eigenvalue weighted by molar-refractivity contribution is 7.24. The lowest BCUT2D eigenvalue weighted by atomic mass is 10.1. The molecule has 2 aromatic carbocycles. The highest BCUT2D eigenvalue weighted by atomic mass is 35.5. The Morgan fingerprint density at radius 2 is 1.78 bits per heavy atom. The fraction of sp³-hybridized carbons (Fsp3) is 0.190. The van der Waals surface area contributed by atoms with Crippen molar-refractivity contribution in [1.29, 1.82) is 0 Å². The molecule has 0 amide bonds. The fourth-order valence-electron chi connectivity index (χ4n) is 3.14. The van der Waals surface area contributed by atoms with Crippen LogP contribution < -0.4 is 11.0 Å². The number of nitrogens with zero attached hydrogens (tertiary/aromatic N) is 2. The third-order valence-corrected chi connectivity index (χ3v) is 5.67. The van der Waals surface area contributed by atoms with Crippen LogP contribution in [-0.2, 0) is 6.54 Å². The molecule has 0 saturated heterocycles. The molecule has 0 unspecified atom stereocenters. The lowest BCUT2D eigenvalue weighted by molar-refractivity contribution is 0.513. The molecule has 0 aliphatic heterocycles. The van der Waals surface area contributed by atoms with Gasteiger partial charge in [0, 0.05) is 27.2 Å². The molecule has 27 heavy (non-hydrogen) atoms. The van der Waals surface area contributed by atoms with Gasteiger partial charge in [-0.2, -0.15) is 0 Å². The van der Waals surface area contributed by atoms with Crippen LogP contribution in [0.1, 0.15) is 13.8 Å². The van der Waals surface area contributed by atoms with Gasteiger partial charge in [-0.3, -0.25) is 14.2 Å². The maximum absolute atomic E-state index is 13.3. The molecule has 2 heterocycles. The molecule has 0 radical (unpaired) electrons. The van der Waals surface area contributed by atoms with Crippen LogP contribution in [0.15, 0.2) is 58.1 Å². The molecule has 0 atom stereocenters. The van der Waals surface area contributed by atoms with Crippen molar-refractivity contribution in [1.82, 2.24) is 9.55 Å². The number of hydrogen-bond donors (Lipinski definition) is 0. The van der Waals surface area contributed by atoms with E-state index in [1.54, 1.807) is 22.8 Å². The second-order valence-electron chi connectivity index (χ2n) is 6.86. The zero-order chi connectivity index (χ0) is 19.1. The number of halogens is 1. The molecule has 0 spiro atoms. The summed E-state index contributed by atoms with van der Waals surface area (Å²) < 4.78 is 2.43. The zero-order valence-electron chi connectivity index (χ0n) is 14.9. The SMILES string of the molecule is CC(C)Cn1c(-c2ccc(Cl)cc2)nc2sc3ccccc3c(=O)c2c1=O. The molecule has 0 N–H and O–H groups in total. The third-order valence-electron chi connectivity index (χ3n) is 4.35. The van der Waals surface area contributed by atoms with Crippen molar-refractivity contribution in [2.24, 2.45) is 5.92 Å². The van der Waals surface area contributed by atoms with E-state index in [4.69, 9.17) is 16.6 Å². The molecule has 0 fully saturated rings. The van der Waals surface area contributed by atoms with Gasteiger partial charge in [-0.15, -0.1) is 11.3 Å². The molecule has 0 aliphatic carbocycles. The van der Waals surface area contributed by atoms with Crippen molar-refractivity contribution in [3.63, 3.8) is 0 Å². The minimum Gasteiger partial charge on any atom is -0.292 e. The molecule has 0 saturated carbocycles. The molecule has 4 rings (SSSR count). The number of rotatable bonds is 3. The quantitative estimate of drug-likeness (QED) is 0.460. The summed E-state index contributed by atoms with van der Waals surface area (Å²) in [6.07, 6.45) is 0. The highest BCUT2D eigenvalue weighted by Crippen LogP contribution is 2.25. The molecule has 0 aliphatic rings. The Hall–Kier alpha value is -2.50. The van der Waals surface area contributed by atoms with Gasteiger partial charge in [-0.25, -0.2) is 4.98 Å². The van der Waals surface area contributed by atoms with E-state index >= 15 is 0 Å². The predicted octanol–water partition coefficient (Wildman–Crippen LogP) is 4.95. The number of fused-ring (bicyclic) bond motifs is 2. The Kier molecular flexibility index (Phi) is 4.58. The Labute approximate surface area is 164 Å². The van der Waals surface area contributed by atoms with Crippen LogP contribution in [0, 0.1) is 5.92 Å². The summed E-state index contributed by atoms with van der Waals surface area (Å²) in [7, 11) is 0. The van der Waals surface area contributed by atoms with Gasteiger partial charge >= 0.3 is 0 Å². The van der Waals surface area contributed by atoms with E-state index in [1.807, 2.05) is 44.2 Å². The van der Waals surface area contributed by atoms with E-state index in [9.17, 15) is 9.59 Å². The summed E-state index contributed by atoms with van der Waals surface area (Å²) in [6, 6.07) is 14.6. The molecule has 4 aromatic rings. The first kappa shape index (κ1) is 17.9. The Morgan fingerprint density at radius 3 is 2.48 bits per heavy atom. The van der Waals surface area contributed by atoms with Crippen LogP contribution >= 0.6 is 22.9 Å². The molecule has 2 aromatic heterocycles. The van der Waals surface area contributed by atoms with E-state index in [2.05, 4.69) is 0 Å². The predicted molar refractivity (Wildman–Crippen MR) is 113 cm³/mol. The zero-order valence-corrected chi connectivity index (χ0v) is 16.5. The molecule has 4 nitrogen and oxygen atoms in total. The second kappa shape index (κ2) is 6.91. The average Bonchev–Trinajstić information content (AvgIpc) is 2.64. The average molecular weight is 397 g/mol. The van der Waals surface area contributed by atoms with Crippen LogP contribution in [0.5, 0.6) is 0 Å². The van der Waals surface area contributed by atoms with E-state index in [0.717, 1.165) is 10.3 Å². The minimum absolute atomic E-state index is 0.164. The summed E-state index contributed by atoms with van der Waals surface area (Å²) in [6.45, 7) is 4.55. The minimum atomic E-state index is -0.286. The smallest absolute Gasteiger partial charge is 0.266 e. The van der Waals surface area contributed by atoms with Crippen molar-refractivity contribution in [2.45, 2.75) is 20.4 Å². The largest absolute Gasteiger partial charge is 0.292 e. The van der Waals surface area contributed by atoms with Gasteiger partial charge in [-0.1, -0.05) is 37.6 Å². The monoisotopic (exact) mass is 396 g/mol. The van der Waals surface area contributed by atoms with Crippen LogP contribution in [0.4, 0.5) is 0 Å². The van der Waals surface area contributed by atoms with Gasteiger partial charge in [0.2, 0.25) is 5.43 Å². The molecular weight excluding hydrogens is 380 g/mol. The molecule has 6 heteroatoms. The number of aromatic nitrogens is 2. The standard InChI is InChI=1S/C21H17ClN2O2S/c1-12(2)11-24-19(13-7-9-14(22)10-8-13)23-20-17(21(24)26)18(25)15-5-3-4-6-16(15)27-20/h3-10,12H,11H2,1-2H3. The Bertz CT molecular complexity index is 1270. The molecular formula is C21H17ClN2O2S. The van der Waals surface area contributed by atoms with Crippen LogP contribution in [0.25, 0.3) is 31.7 Å². The van der Waals surface area contributed by atoms with Gasteiger partial charge in [0.25, 0.3) is 5.56 Å². The van der Waals surface area contributed by atoms with E-state index in [-0.39, 0.29) is 22.3 Å². The van der Waals surface area contributed by atoms with Crippen molar-refractivity contribution in [2.75, 3.05) is 0 Å². The maximum atomic E-state index is 13.3. The highest BCUT2D eigenvalue weighted by Gasteiger charge is 2.18. The van der Waals surface area contributed by atoms with E-state index in [0.29, 0.717) is 27.6 Å². The van der Waals surface area contributed by atoms with Gasteiger partial charge in [0.05, 0.1) is 0 Å². The molecule has 0 bridgehead atoms.